The van der Waals surface area contributed by atoms with Gasteiger partial charge in [-0.15, -0.1) is 0 Å². The van der Waals surface area contributed by atoms with Crippen molar-refractivity contribution in [2.45, 2.75) is 26.2 Å². The van der Waals surface area contributed by atoms with Crippen molar-refractivity contribution < 1.29 is 0 Å². The van der Waals surface area contributed by atoms with Crippen LogP contribution < -0.4 is 0 Å². The second-order valence-corrected chi connectivity index (χ2v) is 5.48. The Morgan fingerprint density at radius 2 is 1.91 bits per heavy atom. The molecule has 0 radical (unpaired) electrons. The second kappa shape index (κ2) is 6.99. The highest BCUT2D eigenvalue weighted by molar-refractivity contribution is 5.89. The molecule has 0 aliphatic heterocycles. The van der Waals surface area contributed by atoms with E-state index in [0.717, 1.165) is 28.6 Å². The third kappa shape index (κ3) is 3.59. The largest absolute Gasteiger partial charge is 0.256 e. The summed E-state index contributed by atoms with van der Waals surface area (Å²) >= 11 is 0. The van der Waals surface area contributed by atoms with Crippen LogP contribution in [0.25, 0.3) is 10.9 Å². The smallest absolute Gasteiger partial charge is 0.0702 e. The van der Waals surface area contributed by atoms with Crippen molar-refractivity contribution in [2.75, 3.05) is 0 Å². The van der Waals surface area contributed by atoms with Gasteiger partial charge >= 0.3 is 0 Å². The van der Waals surface area contributed by atoms with E-state index in [1.165, 1.54) is 18.4 Å². The minimum absolute atomic E-state index is 0.992. The molecule has 0 bridgehead atoms. The summed E-state index contributed by atoms with van der Waals surface area (Å²) in [6.07, 6.45) is 7.35. The van der Waals surface area contributed by atoms with Crippen molar-refractivity contribution in [3.05, 3.63) is 71.9 Å². The standard InChI is InChI=1S/C20H20N2/c1-2-3-5-16-7-10-19(11-8-16)22-15-17-9-12-20-18(14-17)6-4-13-21-20/h4,6-15H,2-3,5H2,1H3. The molecule has 0 aliphatic rings. The quantitative estimate of drug-likeness (QED) is 0.583. The Balaban J connectivity index is 1.74. The molecule has 0 atom stereocenters. The summed E-state index contributed by atoms with van der Waals surface area (Å²) in [5.41, 5.74) is 4.49. The number of pyridine rings is 1. The fourth-order valence-corrected chi connectivity index (χ4v) is 2.45. The van der Waals surface area contributed by atoms with E-state index in [2.05, 4.69) is 59.4 Å². The number of unbranched alkanes of at least 4 members (excludes halogenated alkanes) is 1. The van der Waals surface area contributed by atoms with Gasteiger partial charge in [-0.05, 0) is 54.3 Å². The monoisotopic (exact) mass is 288 g/mol. The lowest BCUT2D eigenvalue weighted by Crippen LogP contribution is -1.84. The van der Waals surface area contributed by atoms with Gasteiger partial charge in [0.25, 0.3) is 0 Å². The maximum Gasteiger partial charge on any atom is 0.0702 e. The first-order valence-electron chi connectivity index (χ1n) is 7.83. The molecular formula is C20H20N2. The molecule has 0 unspecified atom stereocenters. The number of aryl methyl sites for hydroxylation is 1. The Bertz CT molecular complexity index is 773. The van der Waals surface area contributed by atoms with Gasteiger partial charge in [-0.25, -0.2) is 0 Å². The van der Waals surface area contributed by atoms with Gasteiger partial charge in [-0.1, -0.05) is 37.6 Å². The average molecular weight is 288 g/mol. The Morgan fingerprint density at radius 3 is 2.73 bits per heavy atom. The molecule has 3 rings (SSSR count). The van der Waals surface area contributed by atoms with Gasteiger partial charge in [-0.3, -0.25) is 9.98 Å². The number of hydrogen-bond acceptors (Lipinski definition) is 2. The predicted molar refractivity (Wildman–Crippen MR) is 94.1 cm³/mol. The van der Waals surface area contributed by atoms with Crippen LogP contribution in [0.4, 0.5) is 5.69 Å². The molecule has 2 aromatic carbocycles. The molecule has 0 saturated heterocycles. The first-order chi connectivity index (χ1) is 10.8. The van der Waals surface area contributed by atoms with Crippen molar-refractivity contribution in [2.24, 2.45) is 4.99 Å². The van der Waals surface area contributed by atoms with Crippen molar-refractivity contribution in [1.82, 2.24) is 4.98 Å². The number of hydrogen-bond donors (Lipinski definition) is 0. The Hall–Kier alpha value is -2.48. The summed E-state index contributed by atoms with van der Waals surface area (Å²) in [5.74, 6) is 0. The molecule has 1 aromatic heterocycles. The van der Waals surface area contributed by atoms with Gasteiger partial charge in [0, 0.05) is 17.8 Å². The summed E-state index contributed by atoms with van der Waals surface area (Å²) in [6, 6.07) is 18.7. The number of aliphatic imine (C=N–C) groups is 1. The Kier molecular flexibility index (Phi) is 4.59. The summed E-state index contributed by atoms with van der Waals surface area (Å²) in [5, 5.41) is 1.14. The van der Waals surface area contributed by atoms with Crippen LogP contribution in [-0.2, 0) is 6.42 Å². The zero-order valence-electron chi connectivity index (χ0n) is 12.9. The third-order valence-corrected chi connectivity index (χ3v) is 3.75. The van der Waals surface area contributed by atoms with E-state index in [9.17, 15) is 0 Å². The van der Waals surface area contributed by atoms with Crippen LogP contribution in [0.2, 0.25) is 0 Å². The SMILES string of the molecule is CCCCc1ccc(N=Cc2ccc3ncccc3c2)cc1. The van der Waals surface area contributed by atoms with Crippen LogP contribution in [0.5, 0.6) is 0 Å². The molecule has 3 aromatic rings. The Labute approximate surface area is 131 Å². The number of aromatic nitrogens is 1. The lowest BCUT2D eigenvalue weighted by Gasteiger charge is -2.01. The molecule has 0 N–H and O–H groups in total. The van der Waals surface area contributed by atoms with Crippen molar-refractivity contribution >= 4 is 22.8 Å². The van der Waals surface area contributed by atoms with E-state index in [1.807, 2.05) is 24.5 Å². The third-order valence-electron chi connectivity index (χ3n) is 3.75. The minimum Gasteiger partial charge on any atom is -0.256 e. The van der Waals surface area contributed by atoms with Gasteiger partial charge < -0.3 is 0 Å². The van der Waals surface area contributed by atoms with Crippen LogP contribution >= 0.6 is 0 Å². The first kappa shape index (κ1) is 14.5. The van der Waals surface area contributed by atoms with E-state index in [1.54, 1.807) is 0 Å². The van der Waals surface area contributed by atoms with Crippen LogP contribution in [0.3, 0.4) is 0 Å². The van der Waals surface area contributed by atoms with Crippen LogP contribution in [0, 0.1) is 0 Å². The zero-order valence-corrected chi connectivity index (χ0v) is 12.9. The lowest BCUT2D eigenvalue weighted by atomic mass is 10.1. The maximum absolute atomic E-state index is 4.56. The highest BCUT2D eigenvalue weighted by Crippen LogP contribution is 2.16. The average Bonchev–Trinajstić information content (AvgIpc) is 2.59. The van der Waals surface area contributed by atoms with Gasteiger partial charge in [0.1, 0.15) is 0 Å². The lowest BCUT2D eigenvalue weighted by molar-refractivity contribution is 0.795. The van der Waals surface area contributed by atoms with Gasteiger partial charge in [0.15, 0.2) is 0 Å². The summed E-state index contributed by atoms with van der Waals surface area (Å²) < 4.78 is 0. The maximum atomic E-state index is 4.56. The minimum atomic E-state index is 0.992. The highest BCUT2D eigenvalue weighted by atomic mass is 14.7. The summed E-state index contributed by atoms with van der Waals surface area (Å²) in [6.45, 7) is 2.22. The molecule has 1 heterocycles. The summed E-state index contributed by atoms with van der Waals surface area (Å²) in [7, 11) is 0. The molecule has 0 saturated carbocycles. The van der Waals surface area contributed by atoms with E-state index < -0.39 is 0 Å². The van der Waals surface area contributed by atoms with E-state index in [-0.39, 0.29) is 0 Å². The number of fused-ring (bicyclic) bond motifs is 1. The zero-order chi connectivity index (χ0) is 15.2. The van der Waals surface area contributed by atoms with Gasteiger partial charge in [0.2, 0.25) is 0 Å². The normalized spacial score (nSPS) is 11.3. The molecule has 0 aliphatic carbocycles. The number of rotatable bonds is 5. The van der Waals surface area contributed by atoms with E-state index >= 15 is 0 Å². The predicted octanol–water partition coefficient (Wildman–Crippen LogP) is 5.33. The molecular weight excluding hydrogens is 268 g/mol. The Morgan fingerprint density at radius 1 is 1.05 bits per heavy atom. The number of benzene rings is 2. The topological polar surface area (TPSA) is 25.2 Å². The summed E-state index contributed by atoms with van der Waals surface area (Å²) in [4.78, 5) is 8.89. The molecule has 0 amide bonds. The fraction of sp³-hybridized carbons (Fsp3) is 0.200. The molecule has 0 fully saturated rings. The van der Waals surface area contributed by atoms with Crippen LogP contribution in [-0.4, -0.2) is 11.2 Å². The van der Waals surface area contributed by atoms with Crippen molar-refractivity contribution in [1.29, 1.82) is 0 Å². The second-order valence-electron chi connectivity index (χ2n) is 5.48. The molecule has 22 heavy (non-hydrogen) atoms. The highest BCUT2D eigenvalue weighted by Gasteiger charge is 1.96. The van der Waals surface area contributed by atoms with Crippen LogP contribution in [0.15, 0.2) is 65.8 Å². The van der Waals surface area contributed by atoms with Crippen molar-refractivity contribution in [3.63, 3.8) is 0 Å². The van der Waals surface area contributed by atoms with E-state index in [4.69, 9.17) is 0 Å². The first-order valence-corrected chi connectivity index (χ1v) is 7.83. The molecule has 2 heteroatoms. The molecule has 110 valence electrons. The fourth-order valence-electron chi connectivity index (χ4n) is 2.45. The van der Waals surface area contributed by atoms with Gasteiger partial charge in [0.05, 0.1) is 11.2 Å². The van der Waals surface area contributed by atoms with Crippen molar-refractivity contribution in [3.8, 4) is 0 Å². The van der Waals surface area contributed by atoms with Gasteiger partial charge in [-0.2, -0.15) is 0 Å². The molecule has 0 spiro atoms. The molecule has 2 nitrogen and oxygen atoms in total. The van der Waals surface area contributed by atoms with Crippen LogP contribution in [0.1, 0.15) is 30.9 Å². The number of nitrogens with zero attached hydrogens (tertiary/aromatic N) is 2. The van der Waals surface area contributed by atoms with E-state index in [0.29, 0.717) is 0 Å².